The minimum Gasteiger partial charge on any atom is -0.378 e. The molecule has 0 aliphatic rings. The molecular formula is C21H35N3. The molecule has 0 bridgehead atoms. The van der Waals surface area contributed by atoms with Crippen LogP contribution in [0.15, 0.2) is 48.5 Å². The second-order valence-electron chi connectivity index (χ2n) is 5.39. The summed E-state index contributed by atoms with van der Waals surface area (Å²) < 4.78 is 0. The molecule has 0 heterocycles. The summed E-state index contributed by atoms with van der Waals surface area (Å²) in [5, 5.41) is 0. The summed E-state index contributed by atoms with van der Waals surface area (Å²) in [6, 6.07) is 17.1. The molecule has 0 aliphatic carbocycles. The lowest BCUT2D eigenvalue weighted by molar-refractivity contribution is 1.11. The maximum atomic E-state index is 2.21. The molecule has 0 N–H and O–H groups in total. The number of rotatable bonds is 4. The number of anilines is 4. The Balaban J connectivity index is 0.00000123. The number of nitrogens with zero attached hydrogens (tertiary/aromatic N) is 3. The van der Waals surface area contributed by atoms with E-state index in [1.807, 2.05) is 27.7 Å². The molecule has 0 atom stereocenters. The van der Waals surface area contributed by atoms with E-state index >= 15 is 0 Å². The minimum absolute atomic E-state index is 1.19. The van der Waals surface area contributed by atoms with Gasteiger partial charge in [0.1, 0.15) is 0 Å². The Bertz CT molecular complexity index is 525. The lowest BCUT2D eigenvalue weighted by atomic mass is 10.2. The van der Waals surface area contributed by atoms with Crippen LogP contribution < -0.4 is 14.7 Å². The van der Waals surface area contributed by atoms with E-state index in [-0.39, 0.29) is 0 Å². The molecule has 0 amide bonds. The van der Waals surface area contributed by atoms with Crippen LogP contribution in [0.1, 0.15) is 27.7 Å². The molecule has 2 rings (SSSR count). The van der Waals surface area contributed by atoms with Gasteiger partial charge >= 0.3 is 0 Å². The second kappa shape index (κ2) is 11.4. The van der Waals surface area contributed by atoms with E-state index in [1.165, 1.54) is 22.7 Å². The molecule has 0 fully saturated rings. The van der Waals surface area contributed by atoms with Gasteiger partial charge in [0, 0.05) is 58.0 Å². The highest BCUT2D eigenvalue weighted by molar-refractivity contribution is 5.69. The molecule has 0 radical (unpaired) electrons. The van der Waals surface area contributed by atoms with Crippen molar-refractivity contribution in [2.75, 3.05) is 49.9 Å². The molecule has 3 heteroatoms. The van der Waals surface area contributed by atoms with Crippen LogP contribution in [0.2, 0.25) is 0 Å². The van der Waals surface area contributed by atoms with Crippen molar-refractivity contribution >= 4 is 22.7 Å². The Labute approximate surface area is 149 Å². The van der Waals surface area contributed by atoms with E-state index in [4.69, 9.17) is 0 Å². The molecule has 24 heavy (non-hydrogen) atoms. The molecular weight excluding hydrogens is 294 g/mol. The standard InChI is InChI=1S/C17H23N3.2C2H6/c1-18(2)14-8-6-10-16(12-14)20(5)17-11-7-9-15(13-17)19(3)4;2*1-2/h6-13H,1-5H3;2*1-2H3. The van der Waals surface area contributed by atoms with Crippen LogP contribution in [-0.2, 0) is 0 Å². The Morgan fingerprint density at radius 1 is 0.500 bits per heavy atom. The summed E-state index contributed by atoms with van der Waals surface area (Å²) in [7, 11) is 10.3. The van der Waals surface area contributed by atoms with Crippen LogP contribution in [0, 0.1) is 0 Å². The first-order chi connectivity index (χ1) is 11.5. The summed E-state index contributed by atoms with van der Waals surface area (Å²) in [5.41, 5.74) is 4.79. The Morgan fingerprint density at radius 2 is 0.792 bits per heavy atom. The average molecular weight is 330 g/mol. The van der Waals surface area contributed by atoms with E-state index in [1.54, 1.807) is 0 Å². The highest BCUT2D eigenvalue weighted by Crippen LogP contribution is 2.28. The maximum absolute atomic E-state index is 2.21. The Kier molecular flexibility index (Phi) is 10.4. The quantitative estimate of drug-likeness (QED) is 0.719. The molecule has 0 saturated heterocycles. The zero-order valence-electron chi connectivity index (χ0n) is 17.0. The SMILES string of the molecule is CC.CC.CN(C)c1cccc(N(C)c2cccc(N(C)C)c2)c1. The van der Waals surface area contributed by atoms with Crippen LogP contribution in [0.3, 0.4) is 0 Å². The zero-order valence-corrected chi connectivity index (χ0v) is 17.0. The summed E-state index contributed by atoms with van der Waals surface area (Å²) in [5.74, 6) is 0. The van der Waals surface area contributed by atoms with E-state index in [0.29, 0.717) is 0 Å². The van der Waals surface area contributed by atoms with Gasteiger partial charge < -0.3 is 14.7 Å². The normalized spacial score (nSPS) is 9.04. The Morgan fingerprint density at radius 3 is 1.08 bits per heavy atom. The molecule has 0 unspecified atom stereocenters. The third-order valence-corrected chi connectivity index (χ3v) is 3.47. The molecule has 0 spiro atoms. The average Bonchev–Trinajstić information content (AvgIpc) is 2.64. The zero-order chi connectivity index (χ0) is 18.7. The second-order valence-corrected chi connectivity index (χ2v) is 5.39. The van der Waals surface area contributed by atoms with E-state index in [9.17, 15) is 0 Å². The van der Waals surface area contributed by atoms with Gasteiger partial charge in [-0.1, -0.05) is 39.8 Å². The van der Waals surface area contributed by atoms with Crippen LogP contribution in [0.25, 0.3) is 0 Å². The summed E-state index contributed by atoms with van der Waals surface area (Å²) >= 11 is 0. The molecule has 0 saturated carbocycles. The first-order valence-corrected chi connectivity index (χ1v) is 8.77. The summed E-state index contributed by atoms with van der Waals surface area (Å²) in [6.07, 6.45) is 0. The summed E-state index contributed by atoms with van der Waals surface area (Å²) in [4.78, 5) is 6.45. The van der Waals surface area contributed by atoms with Crippen LogP contribution in [-0.4, -0.2) is 35.2 Å². The van der Waals surface area contributed by atoms with Gasteiger partial charge in [-0.2, -0.15) is 0 Å². The van der Waals surface area contributed by atoms with Gasteiger partial charge in [0.2, 0.25) is 0 Å². The van der Waals surface area contributed by atoms with Crippen molar-refractivity contribution in [1.82, 2.24) is 0 Å². The molecule has 0 aromatic heterocycles. The van der Waals surface area contributed by atoms with Crippen LogP contribution in [0.4, 0.5) is 22.7 Å². The first-order valence-electron chi connectivity index (χ1n) is 8.77. The third kappa shape index (κ3) is 6.15. The smallest absolute Gasteiger partial charge is 0.0428 e. The van der Waals surface area contributed by atoms with Gasteiger partial charge in [-0.3, -0.25) is 0 Å². The van der Waals surface area contributed by atoms with Crippen molar-refractivity contribution in [1.29, 1.82) is 0 Å². The van der Waals surface area contributed by atoms with Gasteiger partial charge in [0.05, 0.1) is 0 Å². The highest BCUT2D eigenvalue weighted by atomic mass is 15.1. The van der Waals surface area contributed by atoms with Gasteiger partial charge in [-0.15, -0.1) is 0 Å². The lowest BCUT2D eigenvalue weighted by Gasteiger charge is -2.23. The maximum Gasteiger partial charge on any atom is 0.0428 e. The predicted molar refractivity (Wildman–Crippen MR) is 112 cm³/mol. The predicted octanol–water partition coefficient (Wildman–Crippen LogP) is 5.64. The van der Waals surface area contributed by atoms with Crippen LogP contribution >= 0.6 is 0 Å². The van der Waals surface area contributed by atoms with Gasteiger partial charge in [-0.05, 0) is 36.4 Å². The number of benzene rings is 2. The minimum atomic E-state index is 1.19. The first kappa shape index (κ1) is 21.8. The van der Waals surface area contributed by atoms with E-state index in [0.717, 1.165) is 0 Å². The number of hydrogen-bond acceptors (Lipinski definition) is 3. The number of hydrogen-bond donors (Lipinski definition) is 0. The fraction of sp³-hybridized carbons (Fsp3) is 0.429. The largest absolute Gasteiger partial charge is 0.378 e. The van der Waals surface area contributed by atoms with Crippen molar-refractivity contribution in [3.05, 3.63) is 48.5 Å². The lowest BCUT2D eigenvalue weighted by Crippen LogP contribution is -2.13. The van der Waals surface area contributed by atoms with Gasteiger partial charge in [0.15, 0.2) is 0 Å². The topological polar surface area (TPSA) is 9.72 Å². The van der Waals surface area contributed by atoms with Crippen molar-refractivity contribution in [2.45, 2.75) is 27.7 Å². The molecule has 2 aromatic rings. The fourth-order valence-corrected chi connectivity index (χ4v) is 2.11. The molecule has 3 nitrogen and oxygen atoms in total. The van der Waals surface area contributed by atoms with Gasteiger partial charge in [0.25, 0.3) is 0 Å². The van der Waals surface area contributed by atoms with Crippen LogP contribution in [0.5, 0.6) is 0 Å². The van der Waals surface area contributed by atoms with Crippen molar-refractivity contribution < 1.29 is 0 Å². The monoisotopic (exact) mass is 329 g/mol. The van der Waals surface area contributed by atoms with Crippen molar-refractivity contribution in [3.8, 4) is 0 Å². The molecule has 0 aliphatic heterocycles. The van der Waals surface area contributed by atoms with Crippen molar-refractivity contribution in [3.63, 3.8) is 0 Å². The molecule has 134 valence electrons. The molecule has 2 aromatic carbocycles. The summed E-state index contributed by atoms with van der Waals surface area (Å²) in [6.45, 7) is 8.00. The van der Waals surface area contributed by atoms with E-state index < -0.39 is 0 Å². The highest BCUT2D eigenvalue weighted by Gasteiger charge is 2.06. The third-order valence-electron chi connectivity index (χ3n) is 3.47. The van der Waals surface area contributed by atoms with Gasteiger partial charge in [-0.25, -0.2) is 0 Å². The van der Waals surface area contributed by atoms with Crippen molar-refractivity contribution in [2.24, 2.45) is 0 Å². The Hall–Kier alpha value is -2.16. The van der Waals surface area contributed by atoms with E-state index in [2.05, 4.69) is 98.5 Å². The fourth-order valence-electron chi connectivity index (χ4n) is 2.11.